The van der Waals surface area contributed by atoms with Gasteiger partial charge in [-0.25, -0.2) is 9.59 Å². The monoisotopic (exact) mass is 352 g/mol. The molecule has 0 aromatic carbocycles. The van der Waals surface area contributed by atoms with E-state index < -0.39 is 11.9 Å². The van der Waals surface area contributed by atoms with Gasteiger partial charge in [-0.2, -0.15) is 0 Å². The molecule has 0 fully saturated rings. The van der Waals surface area contributed by atoms with E-state index in [-0.39, 0.29) is 36.3 Å². The summed E-state index contributed by atoms with van der Waals surface area (Å²) in [6.07, 6.45) is -0.261. The van der Waals surface area contributed by atoms with Crippen molar-refractivity contribution in [2.75, 3.05) is 6.61 Å². The number of hydrogen-bond acceptors (Lipinski definition) is 5. The van der Waals surface area contributed by atoms with Crippen LogP contribution in [0.4, 0.5) is 0 Å². The Morgan fingerprint density at radius 1 is 1.04 bits per heavy atom. The molecule has 0 bridgehead atoms. The third kappa shape index (κ3) is 5.62. The molecule has 0 spiro atoms. The van der Waals surface area contributed by atoms with Crippen LogP contribution in [0.3, 0.4) is 0 Å². The number of carbonyl (C=O) groups is 3. The van der Waals surface area contributed by atoms with Crippen LogP contribution in [0.1, 0.15) is 66.7 Å². The SMILES string of the molecule is Cc1[nH]c(C(=O)OCC(=O)N[C@@H](C)C(C)C)c(C)c1C(=O)OC(C)C. The summed E-state index contributed by atoms with van der Waals surface area (Å²) in [5.41, 5.74) is 1.44. The summed E-state index contributed by atoms with van der Waals surface area (Å²) in [6.45, 7) is 12.3. The Kier molecular flexibility index (Phi) is 7.21. The van der Waals surface area contributed by atoms with Gasteiger partial charge in [-0.05, 0) is 46.1 Å². The quantitative estimate of drug-likeness (QED) is 0.735. The minimum absolute atomic E-state index is 0.0157. The van der Waals surface area contributed by atoms with Gasteiger partial charge in [0.2, 0.25) is 0 Å². The molecule has 2 N–H and O–H groups in total. The van der Waals surface area contributed by atoms with E-state index in [1.807, 2.05) is 20.8 Å². The molecule has 140 valence electrons. The lowest BCUT2D eigenvalue weighted by Crippen LogP contribution is -2.38. The minimum Gasteiger partial charge on any atom is -0.459 e. The van der Waals surface area contributed by atoms with Crippen molar-refractivity contribution in [1.82, 2.24) is 10.3 Å². The summed E-state index contributed by atoms with van der Waals surface area (Å²) < 4.78 is 10.2. The van der Waals surface area contributed by atoms with E-state index in [1.54, 1.807) is 27.7 Å². The lowest BCUT2D eigenvalue weighted by Gasteiger charge is -2.17. The predicted molar refractivity (Wildman–Crippen MR) is 93.5 cm³/mol. The zero-order valence-electron chi connectivity index (χ0n) is 16.0. The predicted octanol–water partition coefficient (Wildman–Crippen LogP) is 2.51. The molecule has 0 unspecified atom stereocenters. The molecular formula is C18H28N2O5. The Morgan fingerprint density at radius 3 is 2.16 bits per heavy atom. The van der Waals surface area contributed by atoms with E-state index in [2.05, 4.69) is 10.3 Å². The fourth-order valence-electron chi connectivity index (χ4n) is 2.20. The third-order valence-corrected chi connectivity index (χ3v) is 3.91. The number of nitrogens with one attached hydrogen (secondary N) is 2. The fraction of sp³-hybridized carbons (Fsp3) is 0.611. The second kappa shape index (κ2) is 8.69. The summed E-state index contributed by atoms with van der Waals surface area (Å²) >= 11 is 0. The molecule has 25 heavy (non-hydrogen) atoms. The Morgan fingerprint density at radius 2 is 1.64 bits per heavy atom. The molecule has 1 rings (SSSR count). The maximum absolute atomic E-state index is 12.2. The molecule has 1 heterocycles. The smallest absolute Gasteiger partial charge is 0.355 e. The Hall–Kier alpha value is -2.31. The number of aromatic amines is 1. The van der Waals surface area contributed by atoms with E-state index in [0.717, 1.165) is 0 Å². The zero-order chi connectivity index (χ0) is 19.3. The Bertz CT molecular complexity index is 646. The van der Waals surface area contributed by atoms with E-state index >= 15 is 0 Å². The second-order valence-corrected chi connectivity index (χ2v) is 6.76. The maximum atomic E-state index is 12.2. The van der Waals surface area contributed by atoms with Crippen LogP contribution in [-0.4, -0.2) is 41.6 Å². The number of rotatable bonds is 7. The largest absolute Gasteiger partial charge is 0.459 e. The van der Waals surface area contributed by atoms with Crippen LogP contribution in [0.5, 0.6) is 0 Å². The summed E-state index contributed by atoms with van der Waals surface area (Å²) in [4.78, 5) is 39.0. The first kappa shape index (κ1) is 20.7. The van der Waals surface area contributed by atoms with Crippen molar-refractivity contribution in [2.24, 2.45) is 5.92 Å². The first-order valence-electron chi connectivity index (χ1n) is 8.41. The Balaban J connectivity index is 2.77. The first-order valence-corrected chi connectivity index (χ1v) is 8.41. The van der Waals surface area contributed by atoms with Gasteiger partial charge >= 0.3 is 11.9 Å². The van der Waals surface area contributed by atoms with Gasteiger partial charge in [-0.15, -0.1) is 0 Å². The van der Waals surface area contributed by atoms with Crippen molar-refractivity contribution in [3.8, 4) is 0 Å². The van der Waals surface area contributed by atoms with E-state index in [0.29, 0.717) is 16.8 Å². The highest BCUT2D eigenvalue weighted by Gasteiger charge is 2.25. The molecule has 1 aromatic rings. The second-order valence-electron chi connectivity index (χ2n) is 6.76. The topological polar surface area (TPSA) is 97.5 Å². The van der Waals surface area contributed by atoms with Crippen LogP contribution in [-0.2, 0) is 14.3 Å². The van der Waals surface area contributed by atoms with Crippen molar-refractivity contribution in [1.29, 1.82) is 0 Å². The van der Waals surface area contributed by atoms with Crippen molar-refractivity contribution >= 4 is 17.8 Å². The van der Waals surface area contributed by atoms with E-state index in [1.165, 1.54) is 0 Å². The van der Waals surface area contributed by atoms with Gasteiger partial charge < -0.3 is 19.8 Å². The van der Waals surface area contributed by atoms with Crippen molar-refractivity contribution < 1.29 is 23.9 Å². The van der Waals surface area contributed by atoms with Gasteiger partial charge in [0, 0.05) is 11.7 Å². The molecule has 0 saturated heterocycles. The summed E-state index contributed by atoms with van der Waals surface area (Å²) in [5, 5.41) is 2.76. The lowest BCUT2D eigenvalue weighted by molar-refractivity contribution is -0.125. The van der Waals surface area contributed by atoms with Crippen LogP contribution in [0.2, 0.25) is 0 Å². The van der Waals surface area contributed by atoms with Gasteiger partial charge in [0.1, 0.15) is 5.69 Å². The molecular weight excluding hydrogens is 324 g/mol. The molecule has 0 aliphatic carbocycles. The van der Waals surface area contributed by atoms with Gasteiger partial charge in [0.25, 0.3) is 5.91 Å². The number of esters is 2. The van der Waals surface area contributed by atoms with E-state index in [4.69, 9.17) is 9.47 Å². The lowest BCUT2D eigenvalue weighted by atomic mass is 10.1. The number of ether oxygens (including phenoxy) is 2. The number of aryl methyl sites for hydroxylation is 1. The standard InChI is InChI=1S/C18H28N2O5/c1-9(2)12(6)19-14(21)8-24-18(23)16-11(5)15(13(7)20-16)17(22)25-10(3)4/h9-10,12,20H,8H2,1-7H3,(H,19,21)/t12-/m0/s1. The summed E-state index contributed by atoms with van der Waals surface area (Å²) in [7, 11) is 0. The molecule has 7 heteroatoms. The maximum Gasteiger partial charge on any atom is 0.355 e. The molecule has 1 amide bonds. The zero-order valence-corrected chi connectivity index (χ0v) is 16.0. The number of amides is 1. The number of hydrogen-bond donors (Lipinski definition) is 2. The number of aromatic nitrogens is 1. The van der Waals surface area contributed by atoms with Gasteiger partial charge in [0.05, 0.1) is 11.7 Å². The number of carbonyl (C=O) groups excluding carboxylic acids is 3. The van der Waals surface area contributed by atoms with Gasteiger partial charge in [-0.1, -0.05) is 13.8 Å². The van der Waals surface area contributed by atoms with Crippen LogP contribution in [0.15, 0.2) is 0 Å². The number of H-pyrrole nitrogens is 1. The summed E-state index contributed by atoms with van der Waals surface area (Å²) in [5.74, 6) is -1.27. The van der Waals surface area contributed by atoms with Crippen LogP contribution in [0.25, 0.3) is 0 Å². The molecule has 1 aromatic heterocycles. The molecule has 7 nitrogen and oxygen atoms in total. The van der Waals surface area contributed by atoms with Crippen molar-refractivity contribution in [2.45, 2.75) is 60.6 Å². The fourth-order valence-corrected chi connectivity index (χ4v) is 2.20. The van der Waals surface area contributed by atoms with Crippen LogP contribution in [0, 0.1) is 19.8 Å². The van der Waals surface area contributed by atoms with E-state index in [9.17, 15) is 14.4 Å². The minimum atomic E-state index is -0.684. The Labute approximate surface area is 148 Å². The summed E-state index contributed by atoms with van der Waals surface area (Å²) in [6, 6.07) is -0.0157. The molecule has 0 aliphatic rings. The highest BCUT2D eigenvalue weighted by Crippen LogP contribution is 2.20. The van der Waals surface area contributed by atoms with Crippen LogP contribution < -0.4 is 5.32 Å². The molecule has 0 aliphatic heterocycles. The normalized spacial score (nSPS) is 12.2. The van der Waals surface area contributed by atoms with Crippen molar-refractivity contribution in [3.63, 3.8) is 0 Å². The highest BCUT2D eigenvalue weighted by atomic mass is 16.5. The van der Waals surface area contributed by atoms with Crippen LogP contribution >= 0.6 is 0 Å². The molecule has 1 atom stereocenters. The average Bonchev–Trinajstić information content (AvgIpc) is 2.78. The molecule has 0 radical (unpaired) electrons. The highest BCUT2D eigenvalue weighted by molar-refractivity contribution is 5.99. The van der Waals surface area contributed by atoms with Gasteiger partial charge in [0.15, 0.2) is 6.61 Å². The first-order chi connectivity index (χ1) is 11.5. The van der Waals surface area contributed by atoms with Gasteiger partial charge in [-0.3, -0.25) is 4.79 Å². The molecule has 0 saturated carbocycles. The third-order valence-electron chi connectivity index (χ3n) is 3.91. The van der Waals surface area contributed by atoms with Crippen molar-refractivity contribution in [3.05, 3.63) is 22.5 Å². The average molecular weight is 352 g/mol.